The number of amides is 1. The van der Waals surface area contributed by atoms with E-state index in [2.05, 4.69) is 28.4 Å². The summed E-state index contributed by atoms with van der Waals surface area (Å²) in [5.41, 5.74) is 3.05. The smallest absolute Gasteiger partial charge is 0.255 e. The molecule has 0 unspecified atom stereocenters. The Labute approximate surface area is 156 Å². The van der Waals surface area contributed by atoms with Crippen LogP contribution in [0.25, 0.3) is 0 Å². The molecule has 0 bridgehead atoms. The highest BCUT2D eigenvalue weighted by Crippen LogP contribution is 2.20. The second-order valence-corrected chi connectivity index (χ2v) is 7.10. The average Bonchev–Trinajstić information content (AvgIpc) is 3.14. The first-order chi connectivity index (χ1) is 12.6. The molecule has 4 heteroatoms. The fourth-order valence-electron chi connectivity index (χ4n) is 3.35. The maximum Gasteiger partial charge on any atom is 0.255 e. The molecule has 0 aromatic heterocycles. The van der Waals surface area contributed by atoms with Crippen molar-refractivity contribution in [1.29, 1.82) is 0 Å². The molecular weight excluding hydrogens is 324 g/mol. The first kappa shape index (κ1) is 18.5. The third-order valence-corrected chi connectivity index (χ3v) is 4.64. The van der Waals surface area contributed by atoms with Crippen LogP contribution in [-0.2, 0) is 13.1 Å². The lowest BCUT2D eigenvalue weighted by atomic mass is 10.1. The molecule has 0 saturated carbocycles. The van der Waals surface area contributed by atoms with Crippen LogP contribution < -0.4 is 10.1 Å². The zero-order valence-electron chi connectivity index (χ0n) is 15.7. The predicted octanol–water partition coefficient (Wildman–Crippen LogP) is 4.00. The molecule has 0 aliphatic carbocycles. The maximum absolute atomic E-state index is 12.7. The summed E-state index contributed by atoms with van der Waals surface area (Å²) in [6.45, 7) is 7.74. The van der Waals surface area contributed by atoms with Crippen LogP contribution in [0.5, 0.6) is 5.75 Å². The fourth-order valence-corrected chi connectivity index (χ4v) is 3.35. The van der Waals surface area contributed by atoms with Gasteiger partial charge in [-0.3, -0.25) is 9.69 Å². The number of para-hydroxylation sites is 1. The number of carbonyl (C=O) groups excluding carboxylic acids is 1. The van der Waals surface area contributed by atoms with Crippen LogP contribution in [0.2, 0.25) is 0 Å². The molecule has 4 nitrogen and oxygen atoms in total. The van der Waals surface area contributed by atoms with Gasteiger partial charge in [0.15, 0.2) is 0 Å². The number of hydrogen-bond acceptors (Lipinski definition) is 3. The van der Waals surface area contributed by atoms with Crippen molar-refractivity contribution in [3.05, 3.63) is 65.2 Å². The fraction of sp³-hybridized carbons (Fsp3) is 0.409. The Morgan fingerprint density at radius 1 is 1.04 bits per heavy atom. The van der Waals surface area contributed by atoms with Crippen molar-refractivity contribution in [2.75, 3.05) is 13.1 Å². The normalized spacial score (nSPS) is 14.6. The third kappa shape index (κ3) is 4.85. The van der Waals surface area contributed by atoms with E-state index in [1.54, 1.807) is 0 Å². The minimum absolute atomic E-state index is 0.0325. The van der Waals surface area contributed by atoms with Gasteiger partial charge in [0.05, 0.1) is 11.7 Å². The van der Waals surface area contributed by atoms with E-state index in [4.69, 9.17) is 4.74 Å². The second kappa shape index (κ2) is 8.86. The van der Waals surface area contributed by atoms with Gasteiger partial charge in [-0.25, -0.2) is 0 Å². The van der Waals surface area contributed by atoms with Crippen LogP contribution in [0.15, 0.2) is 48.5 Å². The van der Waals surface area contributed by atoms with Gasteiger partial charge in [-0.2, -0.15) is 0 Å². The van der Waals surface area contributed by atoms with Crippen LogP contribution in [0.3, 0.4) is 0 Å². The largest absolute Gasteiger partial charge is 0.490 e. The highest BCUT2D eigenvalue weighted by molar-refractivity contribution is 5.96. The maximum atomic E-state index is 12.7. The van der Waals surface area contributed by atoms with E-state index in [0.29, 0.717) is 17.9 Å². The number of likely N-dealkylation sites (tertiary alicyclic amines) is 1. The third-order valence-electron chi connectivity index (χ3n) is 4.64. The highest BCUT2D eigenvalue weighted by atomic mass is 16.5. The summed E-state index contributed by atoms with van der Waals surface area (Å²) in [4.78, 5) is 15.2. The predicted molar refractivity (Wildman–Crippen MR) is 104 cm³/mol. The molecule has 2 aromatic carbocycles. The SMILES string of the molecule is CC(C)Oc1ccccc1C(=O)NCc1ccccc1CN1CCCC1. The van der Waals surface area contributed by atoms with E-state index in [-0.39, 0.29) is 12.0 Å². The van der Waals surface area contributed by atoms with Gasteiger partial charge in [0.25, 0.3) is 5.91 Å². The van der Waals surface area contributed by atoms with Gasteiger partial charge in [0.1, 0.15) is 5.75 Å². The summed E-state index contributed by atoms with van der Waals surface area (Å²) < 4.78 is 5.76. The lowest BCUT2D eigenvalue weighted by Crippen LogP contribution is -2.25. The zero-order valence-corrected chi connectivity index (χ0v) is 15.7. The van der Waals surface area contributed by atoms with E-state index in [9.17, 15) is 4.79 Å². The first-order valence-electron chi connectivity index (χ1n) is 9.46. The molecule has 2 aromatic rings. The number of benzene rings is 2. The Morgan fingerprint density at radius 3 is 2.42 bits per heavy atom. The average molecular weight is 352 g/mol. The van der Waals surface area contributed by atoms with Crippen LogP contribution in [0.1, 0.15) is 48.2 Å². The molecular formula is C22H28N2O2. The van der Waals surface area contributed by atoms with Crippen LogP contribution in [-0.4, -0.2) is 30.0 Å². The molecule has 1 N–H and O–H groups in total. The monoisotopic (exact) mass is 352 g/mol. The molecule has 0 spiro atoms. The summed E-state index contributed by atoms with van der Waals surface area (Å²) in [6.07, 6.45) is 2.60. The summed E-state index contributed by atoms with van der Waals surface area (Å²) in [6, 6.07) is 15.8. The van der Waals surface area contributed by atoms with Gasteiger partial charge in [0, 0.05) is 13.1 Å². The standard InChI is InChI=1S/C22H28N2O2/c1-17(2)26-21-12-6-5-11-20(21)22(25)23-15-18-9-3-4-10-19(18)16-24-13-7-8-14-24/h3-6,9-12,17H,7-8,13-16H2,1-2H3,(H,23,25). The van der Waals surface area contributed by atoms with Gasteiger partial charge in [0.2, 0.25) is 0 Å². The van der Waals surface area contributed by atoms with Crippen LogP contribution in [0, 0.1) is 0 Å². The molecule has 0 atom stereocenters. The van der Waals surface area contributed by atoms with Gasteiger partial charge >= 0.3 is 0 Å². The number of hydrogen-bond donors (Lipinski definition) is 1. The number of carbonyl (C=O) groups is 1. The van der Waals surface area contributed by atoms with Crippen LogP contribution >= 0.6 is 0 Å². The first-order valence-corrected chi connectivity index (χ1v) is 9.46. The van der Waals surface area contributed by atoms with Crippen LogP contribution in [0.4, 0.5) is 0 Å². The minimum Gasteiger partial charge on any atom is -0.490 e. The van der Waals surface area contributed by atoms with Crippen molar-refractivity contribution in [1.82, 2.24) is 10.2 Å². The molecule has 3 rings (SSSR count). The van der Waals surface area contributed by atoms with Gasteiger partial charge in [-0.1, -0.05) is 36.4 Å². The van der Waals surface area contributed by atoms with E-state index < -0.39 is 0 Å². The number of nitrogens with zero attached hydrogens (tertiary/aromatic N) is 1. The van der Waals surface area contributed by atoms with Crippen molar-refractivity contribution < 1.29 is 9.53 Å². The molecule has 1 aliphatic rings. The zero-order chi connectivity index (χ0) is 18.4. The quantitative estimate of drug-likeness (QED) is 0.819. The Morgan fingerprint density at radius 2 is 1.69 bits per heavy atom. The van der Waals surface area contributed by atoms with Gasteiger partial charge in [-0.15, -0.1) is 0 Å². The lowest BCUT2D eigenvalue weighted by molar-refractivity contribution is 0.0945. The Balaban J connectivity index is 1.67. The summed E-state index contributed by atoms with van der Waals surface area (Å²) in [5.74, 6) is 0.530. The molecule has 1 aliphatic heterocycles. The molecule has 0 radical (unpaired) electrons. The molecule has 1 saturated heterocycles. The highest BCUT2D eigenvalue weighted by Gasteiger charge is 2.15. The topological polar surface area (TPSA) is 41.6 Å². The molecule has 26 heavy (non-hydrogen) atoms. The van der Waals surface area contributed by atoms with Gasteiger partial charge in [-0.05, 0) is 63.0 Å². The Kier molecular flexibility index (Phi) is 6.29. The van der Waals surface area contributed by atoms with Gasteiger partial charge < -0.3 is 10.1 Å². The van der Waals surface area contributed by atoms with Crippen molar-refractivity contribution in [3.63, 3.8) is 0 Å². The number of nitrogens with one attached hydrogen (secondary N) is 1. The minimum atomic E-state index is -0.0998. The summed E-state index contributed by atoms with van der Waals surface area (Å²) >= 11 is 0. The van der Waals surface area contributed by atoms with E-state index >= 15 is 0 Å². The second-order valence-electron chi connectivity index (χ2n) is 7.10. The molecule has 138 valence electrons. The summed E-state index contributed by atoms with van der Waals surface area (Å²) in [5, 5.41) is 3.06. The summed E-state index contributed by atoms with van der Waals surface area (Å²) in [7, 11) is 0. The molecule has 1 heterocycles. The Bertz CT molecular complexity index is 736. The van der Waals surface area contributed by atoms with Crippen molar-refractivity contribution >= 4 is 5.91 Å². The number of rotatable bonds is 7. The van der Waals surface area contributed by atoms with Crippen molar-refractivity contribution in [3.8, 4) is 5.75 Å². The van der Waals surface area contributed by atoms with E-state index in [0.717, 1.165) is 6.54 Å². The number of ether oxygens (including phenoxy) is 1. The van der Waals surface area contributed by atoms with E-state index in [1.165, 1.54) is 37.1 Å². The lowest BCUT2D eigenvalue weighted by Gasteiger charge is -2.18. The molecule has 1 fully saturated rings. The Hall–Kier alpha value is -2.33. The molecule has 1 amide bonds. The van der Waals surface area contributed by atoms with Crippen molar-refractivity contribution in [2.45, 2.75) is 45.9 Å². The van der Waals surface area contributed by atoms with E-state index in [1.807, 2.05) is 44.2 Å². The van der Waals surface area contributed by atoms with Crippen molar-refractivity contribution in [2.24, 2.45) is 0 Å².